The molecule has 0 spiro atoms. The van der Waals surface area contributed by atoms with E-state index in [1.807, 2.05) is 12.1 Å². The summed E-state index contributed by atoms with van der Waals surface area (Å²) in [6.45, 7) is 1.69. The molecule has 0 aliphatic carbocycles. The van der Waals surface area contributed by atoms with Crippen LogP contribution in [-0.2, 0) is 4.74 Å². The van der Waals surface area contributed by atoms with Crippen LogP contribution in [0.5, 0.6) is 0 Å². The van der Waals surface area contributed by atoms with Crippen molar-refractivity contribution >= 4 is 6.29 Å². The first-order valence-electron chi connectivity index (χ1n) is 6.46. The molecule has 0 unspecified atom stereocenters. The zero-order valence-electron chi connectivity index (χ0n) is 10.5. The van der Waals surface area contributed by atoms with Gasteiger partial charge in [-0.05, 0) is 24.3 Å². The van der Waals surface area contributed by atoms with Gasteiger partial charge in [0.1, 0.15) is 0 Å². The summed E-state index contributed by atoms with van der Waals surface area (Å²) in [5.74, 6) is 1.33. The van der Waals surface area contributed by atoms with Crippen LogP contribution < -0.4 is 0 Å². The maximum absolute atomic E-state index is 10.5. The smallest absolute Gasteiger partial charge is 0.260 e. The van der Waals surface area contributed by atoms with Crippen LogP contribution in [0.15, 0.2) is 34.9 Å². The fourth-order valence-corrected chi connectivity index (χ4v) is 2.43. The van der Waals surface area contributed by atoms with Crippen LogP contribution in [0.2, 0.25) is 0 Å². The third kappa shape index (κ3) is 2.58. The number of aldehydes is 1. The van der Waals surface area contributed by atoms with E-state index in [9.17, 15) is 4.79 Å². The lowest BCUT2D eigenvalue weighted by Crippen LogP contribution is -2.13. The Kier molecular flexibility index (Phi) is 3.42. The highest BCUT2D eigenvalue weighted by atomic mass is 16.5. The number of hydrogen-bond acceptors (Lipinski definition) is 4. The van der Waals surface area contributed by atoms with Crippen molar-refractivity contribution in [3.8, 4) is 11.3 Å². The molecule has 0 saturated carbocycles. The minimum Gasteiger partial charge on any atom is -0.434 e. The Balaban J connectivity index is 1.79. The van der Waals surface area contributed by atoms with Gasteiger partial charge >= 0.3 is 0 Å². The van der Waals surface area contributed by atoms with Crippen LogP contribution in [-0.4, -0.2) is 24.5 Å². The topological polar surface area (TPSA) is 52.3 Å². The molecule has 3 rings (SSSR count). The molecule has 1 aromatic heterocycles. The highest BCUT2D eigenvalue weighted by Gasteiger charge is 2.16. The van der Waals surface area contributed by atoms with Gasteiger partial charge in [0.15, 0.2) is 5.76 Å². The summed E-state index contributed by atoms with van der Waals surface area (Å²) in [5.41, 5.74) is 2.28. The largest absolute Gasteiger partial charge is 0.434 e. The van der Waals surface area contributed by atoms with E-state index in [1.165, 1.54) is 5.56 Å². The van der Waals surface area contributed by atoms with Gasteiger partial charge in [-0.25, -0.2) is 4.98 Å². The lowest BCUT2D eigenvalue weighted by atomic mass is 9.91. The quantitative estimate of drug-likeness (QED) is 0.793. The predicted octanol–water partition coefficient (Wildman–Crippen LogP) is 3.05. The van der Waals surface area contributed by atoms with Crippen molar-refractivity contribution in [2.45, 2.75) is 18.8 Å². The Morgan fingerprint density at radius 2 is 1.89 bits per heavy atom. The zero-order chi connectivity index (χ0) is 13.1. The number of carbonyl (C=O) groups is 1. The molecular weight excluding hydrogens is 242 g/mol. The van der Waals surface area contributed by atoms with Crippen LogP contribution >= 0.6 is 0 Å². The van der Waals surface area contributed by atoms with Gasteiger partial charge < -0.3 is 9.15 Å². The summed E-state index contributed by atoms with van der Waals surface area (Å²) < 4.78 is 10.7. The summed E-state index contributed by atoms with van der Waals surface area (Å²) in [7, 11) is 0. The van der Waals surface area contributed by atoms with Gasteiger partial charge in [0, 0.05) is 18.8 Å². The second-order valence-electron chi connectivity index (χ2n) is 4.69. The summed E-state index contributed by atoms with van der Waals surface area (Å²) in [6.07, 6.45) is 4.35. The molecule has 1 aromatic carbocycles. The molecule has 4 heteroatoms. The fourth-order valence-electron chi connectivity index (χ4n) is 2.43. The van der Waals surface area contributed by atoms with Crippen molar-refractivity contribution in [1.82, 2.24) is 4.98 Å². The first kappa shape index (κ1) is 12.1. The second kappa shape index (κ2) is 5.36. The molecule has 0 atom stereocenters. The predicted molar refractivity (Wildman–Crippen MR) is 70.1 cm³/mol. The molecule has 1 aliphatic heterocycles. The van der Waals surface area contributed by atoms with Crippen LogP contribution in [0.25, 0.3) is 11.3 Å². The minimum atomic E-state index is 0.114. The average molecular weight is 257 g/mol. The maximum atomic E-state index is 10.5. The van der Waals surface area contributed by atoms with E-state index >= 15 is 0 Å². The molecule has 1 fully saturated rings. The number of carbonyl (C=O) groups excluding carboxylic acids is 1. The standard InChI is InChI=1S/C15H15NO3/c17-10-15-16-9-14(19-15)13-3-1-11(2-4-13)12-5-7-18-8-6-12/h1-4,9-10,12H,5-8H2. The number of rotatable bonds is 3. The molecule has 1 saturated heterocycles. The summed E-state index contributed by atoms with van der Waals surface area (Å²) in [6, 6.07) is 8.27. The Bertz CT molecular complexity index is 553. The number of hydrogen-bond donors (Lipinski definition) is 0. The summed E-state index contributed by atoms with van der Waals surface area (Å²) in [4.78, 5) is 14.4. The van der Waals surface area contributed by atoms with Crippen molar-refractivity contribution in [2.75, 3.05) is 13.2 Å². The lowest BCUT2D eigenvalue weighted by molar-refractivity contribution is 0.0853. The monoisotopic (exact) mass is 257 g/mol. The number of benzene rings is 1. The minimum absolute atomic E-state index is 0.114. The number of oxazole rings is 1. The van der Waals surface area contributed by atoms with Gasteiger partial charge in [-0.15, -0.1) is 0 Å². The molecule has 0 bridgehead atoms. The van der Waals surface area contributed by atoms with Crippen LogP contribution in [0.4, 0.5) is 0 Å². The summed E-state index contributed by atoms with van der Waals surface area (Å²) >= 11 is 0. The molecule has 2 heterocycles. The second-order valence-corrected chi connectivity index (χ2v) is 4.69. The van der Waals surface area contributed by atoms with Gasteiger partial charge in [0.2, 0.25) is 6.29 Å². The fraction of sp³-hybridized carbons (Fsp3) is 0.333. The molecule has 2 aromatic rings. The molecule has 0 radical (unpaired) electrons. The van der Waals surface area contributed by atoms with Crippen molar-refractivity contribution < 1.29 is 13.9 Å². The highest BCUT2D eigenvalue weighted by molar-refractivity contribution is 5.69. The van der Waals surface area contributed by atoms with E-state index in [4.69, 9.17) is 9.15 Å². The number of nitrogens with zero attached hydrogens (tertiary/aromatic N) is 1. The molecule has 0 N–H and O–H groups in total. The van der Waals surface area contributed by atoms with E-state index < -0.39 is 0 Å². The van der Waals surface area contributed by atoms with E-state index in [1.54, 1.807) is 6.20 Å². The molecule has 98 valence electrons. The lowest BCUT2D eigenvalue weighted by Gasteiger charge is -2.22. The van der Waals surface area contributed by atoms with E-state index in [-0.39, 0.29) is 5.89 Å². The third-order valence-electron chi connectivity index (χ3n) is 3.51. The maximum Gasteiger partial charge on any atom is 0.260 e. The van der Waals surface area contributed by atoms with Crippen molar-refractivity contribution in [1.29, 1.82) is 0 Å². The van der Waals surface area contributed by atoms with Crippen molar-refractivity contribution in [3.63, 3.8) is 0 Å². The Labute approximate surface area is 111 Å². The SMILES string of the molecule is O=Cc1ncc(-c2ccc(C3CCOCC3)cc2)o1. The first-order chi connectivity index (χ1) is 9.36. The molecule has 1 aliphatic rings. The van der Waals surface area contributed by atoms with E-state index in [0.717, 1.165) is 31.6 Å². The van der Waals surface area contributed by atoms with Gasteiger partial charge in [-0.1, -0.05) is 24.3 Å². The normalized spacial score (nSPS) is 16.4. The van der Waals surface area contributed by atoms with Crippen molar-refractivity contribution in [2.24, 2.45) is 0 Å². The van der Waals surface area contributed by atoms with Gasteiger partial charge in [0.25, 0.3) is 5.89 Å². The number of aromatic nitrogens is 1. The third-order valence-corrected chi connectivity index (χ3v) is 3.51. The van der Waals surface area contributed by atoms with Gasteiger partial charge in [0.05, 0.1) is 6.20 Å². The van der Waals surface area contributed by atoms with Crippen LogP contribution in [0.1, 0.15) is 35.0 Å². The first-order valence-corrected chi connectivity index (χ1v) is 6.46. The zero-order valence-corrected chi connectivity index (χ0v) is 10.5. The van der Waals surface area contributed by atoms with Crippen molar-refractivity contribution in [3.05, 3.63) is 41.9 Å². The van der Waals surface area contributed by atoms with Gasteiger partial charge in [-0.3, -0.25) is 4.79 Å². The molecule has 0 amide bonds. The van der Waals surface area contributed by atoms with Crippen LogP contribution in [0.3, 0.4) is 0 Å². The van der Waals surface area contributed by atoms with Gasteiger partial charge in [-0.2, -0.15) is 0 Å². The van der Waals surface area contributed by atoms with E-state index in [2.05, 4.69) is 17.1 Å². The Hall–Kier alpha value is -1.94. The Morgan fingerprint density at radius 1 is 1.16 bits per heavy atom. The molecular formula is C15H15NO3. The van der Waals surface area contributed by atoms with E-state index in [0.29, 0.717) is 18.0 Å². The van der Waals surface area contributed by atoms with Crippen LogP contribution in [0, 0.1) is 0 Å². The molecule has 4 nitrogen and oxygen atoms in total. The summed E-state index contributed by atoms with van der Waals surface area (Å²) in [5, 5.41) is 0. The number of ether oxygens (including phenoxy) is 1. The molecule has 19 heavy (non-hydrogen) atoms. The average Bonchev–Trinajstić information content (AvgIpc) is 2.97. The Morgan fingerprint density at radius 3 is 2.53 bits per heavy atom. The highest BCUT2D eigenvalue weighted by Crippen LogP contribution is 2.29.